The van der Waals surface area contributed by atoms with Gasteiger partial charge in [-0.25, -0.2) is 0 Å². The maximum Gasteiger partial charge on any atom is 0.107 e. The van der Waals surface area contributed by atoms with Gasteiger partial charge in [-0.1, -0.05) is 35.7 Å². The predicted octanol–water partition coefficient (Wildman–Crippen LogP) is 1.12. The van der Waals surface area contributed by atoms with E-state index >= 15 is 0 Å². The van der Waals surface area contributed by atoms with E-state index in [9.17, 15) is 5.11 Å². The summed E-state index contributed by atoms with van der Waals surface area (Å²) in [7, 11) is 0. The number of aliphatic hydroxyl groups excluding tert-OH is 1. The quantitative estimate of drug-likeness (QED) is 0.605. The Morgan fingerprint density at radius 2 is 1.82 bits per heavy atom. The number of rotatable bonds is 7. The van der Waals surface area contributed by atoms with Crippen molar-refractivity contribution in [3.63, 3.8) is 0 Å². The van der Waals surface area contributed by atoms with Gasteiger partial charge in [0.05, 0.1) is 12.7 Å². The predicted molar refractivity (Wildman–Crippen MR) is 88.6 cm³/mol. The molecule has 1 fully saturated rings. The van der Waals surface area contributed by atoms with Crippen LogP contribution in [0.2, 0.25) is 0 Å². The highest BCUT2D eigenvalue weighted by Gasteiger charge is 2.19. The summed E-state index contributed by atoms with van der Waals surface area (Å²) >= 11 is 0. The second kappa shape index (κ2) is 8.92. The highest BCUT2D eigenvalue weighted by atomic mass is 16.5. The fourth-order valence-electron chi connectivity index (χ4n) is 2.69. The summed E-state index contributed by atoms with van der Waals surface area (Å²) in [6, 6.07) is 8.73. The molecule has 0 saturated carbocycles. The van der Waals surface area contributed by atoms with Crippen molar-refractivity contribution >= 4 is 0 Å². The molecule has 0 amide bonds. The minimum absolute atomic E-state index is 0.265. The zero-order chi connectivity index (χ0) is 15.8. The summed E-state index contributed by atoms with van der Waals surface area (Å²) in [5.41, 5.74) is 2.66. The number of hydrogen-bond acceptors (Lipinski definition) is 4. The molecule has 1 aliphatic heterocycles. The summed E-state index contributed by atoms with van der Waals surface area (Å²) in [5, 5.41) is 9.91. The lowest BCUT2D eigenvalue weighted by Crippen LogP contribution is -2.48. The first-order valence-corrected chi connectivity index (χ1v) is 7.87. The van der Waals surface area contributed by atoms with Crippen molar-refractivity contribution in [1.82, 2.24) is 9.80 Å². The fraction of sp³-hybridized carbons (Fsp3) is 0.556. The lowest BCUT2D eigenvalue weighted by Gasteiger charge is -2.35. The SMILES string of the molecule is C#CCOCC(O)CN1CCN(Cc2ccc(C)cc2)CC1. The zero-order valence-electron chi connectivity index (χ0n) is 13.4. The summed E-state index contributed by atoms with van der Waals surface area (Å²) in [5.74, 6) is 2.41. The topological polar surface area (TPSA) is 35.9 Å². The van der Waals surface area contributed by atoms with Crippen LogP contribution >= 0.6 is 0 Å². The van der Waals surface area contributed by atoms with Crippen molar-refractivity contribution in [2.24, 2.45) is 0 Å². The monoisotopic (exact) mass is 302 g/mol. The first-order valence-electron chi connectivity index (χ1n) is 7.87. The Bertz CT molecular complexity index is 473. The highest BCUT2D eigenvalue weighted by molar-refractivity contribution is 5.21. The number of terminal acetylenes is 1. The Morgan fingerprint density at radius 1 is 1.18 bits per heavy atom. The third kappa shape index (κ3) is 5.78. The van der Waals surface area contributed by atoms with Gasteiger partial charge in [0.1, 0.15) is 6.61 Å². The molecule has 1 atom stereocenters. The molecule has 0 aromatic heterocycles. The maximum atomic E-state index is 9.91. The lowest BCUT2D eigenvalue weighted by atomic mass is 10.1. The van der Waals surface area contributed by atoms with Gasteiger partial charge in [0.25, 0.3) is 0 Å². The highest BCUT2D eigenvalue weighted by Crippen LogP contribution is 2.10. The van der Waals surface area contributed by atoms with Gasteiger partial charge in [-0.05, 0) is 12.5 Å². The van der Waals surface area contributed by atoms with Crippen LogP contribution in [0.15, 0.2) is 24.3 Å². The first-order chi connectivity index (χ1) is 10.7. The molecule has 0 spiro atoms. The number of piperazine rings is 1. The maximum absolute atomic E-state index is 9.91. The van der Waals surface area contributed by atoms with Gasteiger partial charge in [-0.15, -0.1) is 6.42 Å². The van der Waals surface area contributed by atoms with Crippen molar-refractivity contribution in [3.8, 4) is 12.3 Å². The second-order valence-corrected chi connectivity index (χ2v) is 5.94. The molecule has 22 heavy (non-hydrogen) atoms. The average molecular weight is 302 g/mol. The Hall–Kier alpha value is -1.38. The third-order valence-electron chi connectivity index (χ3n) is 3.96. The third-order valence-corrected chi connectivity index (χ3v) is 3.96. The first kappa shape index (κ1) is 17.0. The molecular formula is C18H26N2O2. The molecule has 4 heteroatoms. The number of aryl methyl sites for hydroxylation is 1. The Labute approximate surface area is 133 Å². The molecule has 1 aromatic rings. The van der Waals surface area contributed by atoms with Crippen molar-refractivity contribution in [1.29, 1.82) is 0 Å². The molecule has 120 valence electrons. The standard InChI is InChI=1S/C18H26N2O2/c1-3-12-22-15-18(21)14-20-10-8-19(9-11-20)13-17-6-4-16(2)5-7-17/h1,4-7,18,21H,8-15H2,2H3. The normalized spacial score (nSPS) is 18.0. The Balaban J connectivity index is 1.67. The van der Waals surface area contributed by atoms with Crippen LogP contribution in [0.25, 0.3) is 0 Å². The molecule has 4 nitrogen and oxygen atoms in total. The van der Waals surface area contributed by atoms with E-state index in [4.69, 9.17) is 11.2 Å². The number of nitrogens with zero attached hydrogens (tertiary/aromatic N) is 2. The molecule has 2 rings (SSSR count). The van der Waals surface area contributed by atoms with E-state index in [2.05, 4.69) is 46.9 Å². The van der Waals surface area contributed by atoms with Crippen LogP contribution in [0.5, 0.6) is 0 Å². The molecule has 1 aromatic carbocycles. The van der Waals surface area contributed by atoms with Crippen LogP contribution in [0.3, 0.4) is 0 Å². The molecule has 1 saturated heterocycles. The summed E-state index contributed by atoms with van der Waals surface area (Å²) < 4.78 is 5.17. The molecule has 1 aliphatic rings. The van der Waals surface area contributed by atoms with Crippen molar-refractivity contribution in [2.45, 2.75) is 19.6 Å². The van der Waals surface area contributed by atoms with Gasteiger partial charge in [0.15, 0.2) is 0 Å². The van der Waals surface area contributed by atoms with Crippen molar-refractivity contribution in [3.05, 3.63) is 35.4 Å². The minimum atomic E-state index is -0.461. The van der Waals surface area contributed by atoms with Crippen LogP contribution in [0.1, 0.15) is 11.1 Å². The van der Waals surface area contributed by atoms with Crippen LogP contribution < -0.4 is 0 Å². The van der Waals surface area contributed by atoms with E-state index in [1.54, 1.807) is 0 Å². The number of hydrogen-bond donors (Lipinski definition) is 1. The van der Waals surface area contributed by atoms with Gasteiger partial charge in [-0.3, -0.25) is 9.80 Å². The second-order valence-electron chi connectivity index (χ2n) is 5.94. The molecule has 0 radical (unpaired) electrons. The summed E-state index contributed by atoms with van der Waals surface area (Å²) in [6.07, 6.45) is 4.65. The Morgan fingerprint density at radius 3 is 2.45 bits per heavy atom. The van der Waals surface area contributed by atoms with Crippen LogP contribution in [0.4, 0.5) is 0 Å². The zero-order valence-corrected chi connectivity index (χ0v) is 13.4. The molecule has 0 aliphatic carbocycles. The number of ether oxygens (including phenoxy) is 1. The van der Waals surface area contributed by atoms with Gasteiger partial charge in [0.2, 0.25) is 0 Å². The van der Waals surface area contributed by atoms with Gasteiger partial charge >= 0.3 is 0 Å². The summed E-state index contributed by atoms with van der Waals surface area (Å²) in [4.78, 5) is 4.75. The van der Waals surface area contributed by atoms with Crippen molar-refractivity contribution in [2.75, 3.05) is 45.9 Å². The number of β-amino-alcohol motifs (C(OH)–C–C–N with tert-alkyl or cyclic N) is 1. The van der Waals surface area contributed by atoms with E-state index in [1.807, 2.05) is 0 Å². The van der Waals surface area contributed by atoms with E-state index in [0.29, 0.717) is 13.2 Å². The fourth-order valence-corrected chi connectivity index (χ4v) is 2.69. The van der Waals surface area contributed by atoms with Gasteiger partial charge in [0, 0.05) is 39.3 Å². The van der Waals surface area contributed by atoms with Crippen LogP contribution in [0, 0.1) is 19.3 Å². The van der Waals surface area contributed by atoms with Gasteiger partial charge < -0.3 is 9.84 Å². The molecule has 1 unspecified atom stereocenters. The van der Waals surface area contributed by atoms with Crippen molar-refractivity contribution < 1.29 is 9.84 Å². The van der Waals surface area contributed by atoms with Gasteiger partial charge in [-0.2, -0.15) is 0 Å². The number of benzene rings is 1. The van der Waals surface area contributed by atoms with E-state index in [0.717, 1.165) is 32.7 Å². The lowest BCUT2D eigenvalue weighted by molar-refractivity contribution is 0.0154. The summed E-state index contributed by atoms with van der Waals surface area (Å²) in [6.45, 7) is 8.38. The minimum Gasteiger partial charge on any atom is -0.389 e. The average Bonchev–Trinajstić information content (AvgIpc) is 2.52. The van der Waals surface area contributed by atoms with E-state index < -0.39 is 6.10 Å². The molecule has 1 heterocycles. The van der Waals surface area contributed by atoms with E-state index in [1.165, 1.54) is 11.1 Å². The molecular weight excluding hydrogens is 276 g/mol. The van der Waals surface area contributed by atoms with E-state index in [-0.39, 0.29) is 6.61 Å². The number of aliphatic hydroxyl groups is 1. The molecule has 0 bridgehead atoms. The Kier molecular flexibility index (Phi) is 6.88. The van der Waals surface area contributed by atoms with Crippen LogP contribution in [-0.4, -0.2) is 66.9 Å². The smallest absolute Gasteiger partial charge is 0.107 e. The van der Waals surface area contributed by atoms with Crippen LogP contribution in [-0.2, 0) is 11.3 Å². The largest absolute Gasteiger partial charge is 0.389 e. The molecule has 1 N–H and O–H groups in total.